The lowest BCUT2D eigenvalue weighted by atomic mass is 9.87. The van der Waals surface area contributed by atoms with Crippen LogP contribution in [0, 0.1) is 27.1 Å². The fourth-order valence-electron chi connectivity index (χ4n) is 5.79. The smallest absolute Gasteiger partial charge is 0.407 e. The molecule has 0 heterocycles. The van der Waals surface area contributed by atoms with E-state index in [1.807, 2.05) is 47.6 Å². The van der Waals surface area contributed by atoms with Crippen molar-refractivity contribution in [2.24, 2.45) is 32.8 Å². The van der Waals surface area contributed by atoms with Crippen molar-refractivity contribution in [2.75, 3.05) is 19.8 Å². The molecule has 2 rings (SSSR count). The molecular formula is C49H94IN4O10P. The van der Waals surface area contributed by atoms with Crippen LogP contribution in [0.15, 0.2) is 38.0 Å². The standard InChI is InChI=1S/2C14H25NO4.C7H14O.2C6H13N.C2H4IOP/c2*1-7-8-14(5,6)9-19-12(18)15-10(11(16)17)13(2,3)4;1-4-5-7(2,3)6-8;2*7-6-4-2-1-3-5-6;1-2(4)5-3/h2*7,10H,1,8-9H2,2-6H3,(H,15,18)(H,16,17);4,8H,1,5-6H2,2-3H3;2*6H,1-5,7H2;5H,1H3. The van der Waals surface area contributed by atoms with E-state index in [2.05, 4.69) is 58.1 Å². The van der Waals surface area contributed by atoms with Crippen molar-refractivity contribution in [3.05, 3.63) is 38.0 Å². The zero-order chi connectivity index (χ0) is 51.7. The molecule has 2 aliphatic rings. The highest BCUT2D eigenvalue weighted by atomic mass is 127. The van der Waals surface area contributed by atoms with Crippen LogP contribution in [0.25, 0.3) is 0 Å². The number of amides is 2. The molecule has 3 unspecified atom stereocenters. The third kappa shape index (κ3) is 43.7. The fourth-order valence-corrected chi connectivity index (χ4v) is 5.79. The van der Waals surface area contributed by atoms with E-state index in [1.54, 1.807) is 60.6 Å². The number of alkyl carbamates (subject to hydrolysis) is 2. The predicted octanol–water partition coefficient (Wildman–Crippen LogP) is 9.27. The molecule has 65 heavy (non-hydrogen) atoms. The molecule has 0 radical (unpaired) electrons. The maximum absolute atomic E-state index is 11.6. The van der Waals surface area contributed by atoms with Crippen molar-refractivity contribution in [3.63, 3.8) is 0 Å². The summed E-state index contributed by atoms with van der Waals surface area (Å²) in [5, 5.41) is 33.5. The second-order valence-electron chi connectivity index (χ2n) is 21.4. The van der Waals surface area contributed by atoms with Crippen LogP contribution in [0.5, 0.6) is 0 Å². The lowest BCUT2D eigenvalue weighted by Gasteiger charge is -2.32. The van der Waals surface area contributed by atoms with Gasteiger partial charge in [-0.1, -0.05) is 127 Å². The number of nitrogens with one attached hydrogen (secondary N) is 2. The Hall–Kier alpha value is -2.59. The molecule has 16 heteroatoms. The first-order valence-electron chi connectivity index (χ1n) is 22.9. The van der Waals surface area contributed by atoms with Gasteiger partial charge in [-0.15, -0.1) is 19.7 Å². The molecule has 14 nitrogen and oxygen atoms in total. The first kappa shape index (κ1) is 69.0. The number of nitrogens with two attached hydrogens (primary N) is 1. The zero-order valence-electron chi connectivity index (χ0n) is 42.8. The molecule has 382 valence electrons. The minimum Gasteiger partial charge on any atom is -0.548 e. The van der Waals surface area contributed by atoms with E-state index >= 15 is 0 Å². The van der Waals surface area contributed by atoms with Crippen molar-refractivity contribution in [3.8, 4) is 0 Å². The van der Waals surface area contributed by atoms with Gasteiger partial charge in [0, 0.05) is 29.7 Å². The van der Waals surface area contributed by atoms with Gasteiger partial charge >= 0.3 is 18.2 Å². The molecule has 0 aliphatic heterocycles. The second kappa shape index (κ2) is 36.5. The van der Waals surface area contributed by atoms with Gasteiger partial charge in [-0.05, 0) is 103 Å². The third-order valence-electron chi connectivity index (χ3n) is 9.95. The number of aliphatic hydroxyl groups is 1. The molecule has 2 aliphatic carbocycles. The minimum atomic E-state index is -1.32. The van der Waals surface area contributed by atoms with Gasteiger partial charge < -0.3 is 51.7 Å². The number of carboxylic acids is 2. The van der Waals surface area contributed by atoms with Crippen LogP contribution in [0.3, 0.4) is 0 Å². The molecule has 0 saturated heterocycles. The summed E-state index contributed by atoms with van der Waals surface area (Å²) >= 11 is 2.06. The lowest BCUT2D eigenvalue weighted by Crippen LogP contribution is -2.61. The first-order valence-corrected chi connectivity index (χ1v) is 27.0. The van der Waals surface area contributed by atoms with Crippen LogP contribution in [-0.4, -0.2) is 83.9 Å². The lowest BCUT2D eigenvalue weighted by molar-refractivity contribution is -0.425. The molecule has 2 amide bonds. The summed E-state index contributed by atoms with van der Waals surface area (Å²) in [6.07, 6.45) is 20.3. The van der Waals surface area contributed by atoms with Crippen LogP contribution in [0.1, 0.15) is 173 Å². The second-order valence-corrected chi connectivity index (χ2v) is 23.9. The molecular weight excluding hydrogens is 962 g/mol. The number of aliphatic hydroxyl groups excluding tert-OH is 1. The number of allylic oxidation sites excluding steroid dienone is 3. The highest BCUT2D eigenvalue weighted by Gasteiger charge is 2.33. The van der Waals surface area contributed by atoms with Gasteiger partial charge in [-0.3, -0.25) is 4.79 Å². The van der Waals surface area contributed by atoms with Crippen LogP contribution in [0.4, 0.5) is 9.59 Å². The summed E-state index contributed by atoms with van der Waals surface area (Å²) in [6, 6.07) is -0.757. The van der Waals surface area contributed by atoms with Crippen LogP contribution in [-0.2, 0) is 23.9 Å². The van der Waals surface area contributed by atoms with E-state index in [-0.39, 0.29) is 41.6 Å². The Balaban J connectivity index is -0.000000370. The Kier molecular flexibility index (Phi) is 38.7. The number of ether oxygens (including phenoxy) is 2. The van der Waals surface area contributed by atoms with Crippen molar-refractivity contribution < 1.29 is 54.5 Å². The van der Waals surface area contributed by atoms with Gasteiger partial charge in [0.15, 0.2) is 5.52 Å². The molecule has 9 N–H and O–H groups in total. The number of carboxylic acid groups (broad SMARTS) is 2. The summed E-state index contributed by atoms with van der Waals surface area (Å²) in [6.45, 7) is 35.2. The van der Waals surface area contributed by atoms with E-state index in [9.17, 15) is 29.1 Å². The molecule has 0 bridgehead atoms. The summed E-state index contributed by atoms with van der Waals surface area (Å²) < 4.78 is 10.1. The largest absolute Gasteiger partial charge is 0.548 e. The van der Waals surface area contributed by atoms with Gasteiger partial charge in [0.1, 0.15) is 6.04 Å². The number of carbonyl (C=O) groups excluding carboxylic acids is 4. The fraction of sp³-hybridized carbons (Fsp3) is 0.776. The number of rotatable bonds is 16. The van der Waals surface area contributed by atoms with Crippen LogP contribution < -0.4 is 27.2 Å². The Morgan fingerprint density at radius 2 is 1.03 bits per heavy atom. The Bertz CT molecular complexity index is 1280. The molecule has 0 aromatic carbocycles. The number of aliphatic carboxylic acids is 2. The summed E-state index contributed by atoms with van der Waals surface area (Å²) in [5.74, 6) is -2.40. The minimum absolute atomic E-state index is 0.0295. The van der Waals surface area contributed by atoms with E-state index < -0.39 is 47.0 Å². The normalized spacial score (nSPS) is 15.5. The van der Waals surface area contributed by atoms with Gasteiger partial charge in [0.05, 0.1) is 31.3 Å². The number of hydrogen-bond donors (Lipinski definition) is 6. The molecule has 0 aromatic heterocycles. The van der Waals surface area contributed by atoms with Gasteiger partial charge in [0.25, 0.3) is 0 Å². The average Bonchev–Trinajstić information content (AvgIpc) is 3.18. The molecule has 0 spiro atoms. The van der Waals surface area contributed by atoms with Crippen molar-refractivity contribution in [2.45, 2.75) is 198 Å². The summed E-state index contributed by atoms with van der Waals surface area (Å²) in [4.78, 5) is 55.1. The Labute approximate surface area is 409 Å². The van der Waals surface area contributed by atoms with Crippen LogP contribution in [0.2, 0.25) is 0 Å². The quantitative estimate of drug-likeness (QED) is 0.0483. The number of quaternary nitrogens is 1. The van der Waals surface area contributed by atoms with E-state index in [0.29, 0.717) is 25.1 Å². The van der Waals surface area contributed by atoms with E-state index in [1.165, 1.54) is 64.2 Å². The van der Waals surface area contributed by atoms with Crippen molar-refractivity contribution >= 4 is 57.9 Å². The first-order chi connectivity index (χ1) is 29.7. The zero-order valence-corrected chi connectivity index (χ0v) is 46.0. The Morgan fingerprint density at radius 1 is 0.708 bits per heavy atom. The van der Waals surface area contributed by atoms with Gasteiger partial charge in [-0.25, -0.2) is 14.4 Å². The van der Waals surface area contributed by atoms with E-state index in [4.69, 9.17) is 25.4 Å². The number of carbonyl (C=O) groups is 5. The van der Waals surface area contributed by atoms with Gasteiger partial charge in [-0.2, -0.15) is 0 Å². The van der Waals surface area contributed by atoms with Crippen LogP contribution >= 0.6 is 28.3 Å². The maximum Gasteiger partial charge on any atom is 0.407 e. The average molecular weight is 1060 g/mol. The molecule has 3 atom stereocenters. The predicted molar refractivity (Wildman–Crippen MR) is 275 cm³/mol. The molecule has 2 fully saturated rings. The number of hydrogen-bond acceptors (Lipinski definition) is 10. The summed E-state index contributed by atoms with van der Waals surface area (Å²) in [5.41, 5.74) is 8.27. The van der Waals surface area contributed by atoms with Crippen molar-refractivity contribution in [1.82, 2.24) is 10.6 Å². The Morgan fingerprint density at radius 3 is 1.23 bits per heavy atom. The van der Waals surface area contributed by atoms with Gasteiger partial charge in [0.2, 0.25) is 0 Å². The van der Waals surface area contributed by atoms with E-state index in [0.717, 1.165) is 12.5 Å². The number of halogens is 1. The molecule has 2 saturated carbocycles. The summed E-state index contributed by atoms with van der Waals surface area (Å²) in [7, 11) is 0. The topological polar surface area (TPSA) is 245 Å². The monoisotopic (exact) mass is 1060 g/mol. The highest BCUT2D eigenvalue weighted by Crippen LogP contribution is 2.24. The molecule has 0 aromatic rings. The maximum atomic E-state index is 11.6. The SMILES string of the molecule is C=CCC(C)(C)CO.C=CCC(C)(C)COC(=O)NC(C(=O)O)C(C)(C)C.C=CCC(C)(C)COC(=O)NC(C(=O)[O-])C(C)(C)C.CC(=O)PI.NC1CCCCC1.[NH3+]C1CCCCC1. The highest BCUT2D eigenvalue weighted by molar-refractivity contribution is 14.2. The third-order valence-corrected chi connectivity index (χ3v) is 12.5. The van der Waals surface area contributed by atoms with Crippen molar-refractivity contribution in [1.29, 1.82) is 0 Å².